The Hall–Kier alpha value is -9.16. The normalized spacial score (nSPS) is 13.2. The predicted octanol–water partition coefficient (Wildman–Crippen LogP) is 12.0. The van der Waals surface area contributed by atoms with Crippen molar-refractivity contribution in [2.45, 2.75) is 25.7 Å². The van der Waals surface area contributed by atoms with Crippen molar-refractivity contribution in [1.82, 2.24) is 4.57 Å². The van der Waals surface area contributed by atoms with Gasteiger partial charge in [-0.25, -0.2) is 0 Å². The van der Waals surface area contributed by atoms with Crippen LogP contribution in [0.25, 0.3) is 71.6 Å². The lowest BCUT2D eigenvalue weighted by Gasteiger charge is -2.29. The van der Waals surface area contributed by atoms with E-state index in [0.29, 0.717) is 27.8 Å². The second kappa shape index (κ2) is 13.9. The third kappa shape index (κ3) is 5.36. The summed E-state index contributed by atoms with van der Waals surface area (Å²) in [5.74, 6) is -9.58. The van der Waals surface area contributed by atoms with E-state index in [1.807, 2.05) is 84.9 Å². The van der Waals surface area contributed by atoms with E-state index in [2.05, 4.69) is 44.2 Å². The first-order valence-electron chi connectivity index (χ1n) is 21.8. The molecule has 1 heterocycles. The van der Waals surface area contributed by atoms with Gasteiger partial charge in [-0.15, -0.1) is 0 Å². The lowest BCUT2D eigenvalue weighted by Crippen LogP contribution is -2.15. The highest BCUT2D eigenvalue weighted by Crippen LogP contribution is 2.60. The van der Waals surface area contributed by atoms with Crippen molar-refractivity contribution in [3.63, 3.8) is 0 Å². The summed E-state index contributed by atoms with van der Waals surface area (Å²) in [6.45, 7) is 4.28. The average Bonchev–Trinajstić information content (AvgIpc) is 3.97. The highest BCUT2D eigenvalue weighted by atomic mass is 16.4. The number of aromatic nitrogens is 1. The minimum absolute atomic E-state index is 0.323. The molecule has 9 aromatic carbocycles. The largest absolute Gasteiger partial charge is 0.503 e. The maximum absolute atomic E-state index is 11.4. The number of anilines is 3. The fourth-order valence-electron chi connectivity index (χ4n) is 10.7. The van der Waals surface area contributed by atoms with E-state index < -0.39 is 57.5 Å². The SMILES string of the molecule is CC1(C)c2ccccc2-c2cc(N(c3ccc(-c4ccc5c(c4)c4cc6c7c(ccc6cc4n5-c4c(O)c(O)c(O)c(O)c4O)Cc4ccccc4-7)cc3)c3c(O)c(O)c(O)c(O)c3O)ccc21. The van der Waals surface area contributed by atoms with Crippen LogP contribution in [-0.4, -0.2) is 55.6 Å². The molecule has 12 rings (SSSR count). The van der Waals surface area contributed by atoms with Gasteiger partial charge in [0.25, 0.3) is 0 Å². The van der Waals surface area contributed by atoms with E-state index in [4.69, 9.17) is 0 Å². The summed E-state index contributed by atoms with van der Waals surface area (Å²) in [5.41, 5.74) is 11.1. The predicted molar refractivity (Wildman–Crippen MR) is 261 cm³/mol. The monoisotopic (exact) mass is 900 g/mol. The highest BCUT2D eigenvalue weighted by Gasteiger charge is 2.37. The van der Waals surface area contributed by atoms with E-state index in [1.165, 1.54) is 20.6 Å². The van der Waals surface area contributed by atoms with Crippen LogP contribution in [-0.2, 0) is 11.8 Å². The van der Waals surface area contributed by atoms with Crippen molar-refractivity contribution < 1.29 is 51.1 Å². The zero-order valence-electron chi connectivity index (χ0n) is 36.3. The molecule has 0 amide bonds. The van der Waals surface area contributed by atoms with Gasteiger partial charge in [0, 0.05) is 27.6 Å². The summed E-state index contributed by atoms with van der Waals surface area (Å²) in [7, 11) is 0. The molecule has 68 heavy (non-hydrogen) atoms. The van der Waals surface area contributed by atoms with Gasteiger partial charge in [0.2, 0.25) is 34.5 Å². The molecule has 1 aromatic heterocycles. The summed E-state index contributed by atoms with van der Waals surface area (Å²) in [5, 5.41) is 112. The minimum atomic E-state index is -1.08. The van der Waals surface area contributed by atoms with Gasteiger partial charge in [0.1, 0.15) is 11.4 Å². The van der Waals surface area contributed by atoms with Crippen LogP contribution >= 0.6 is 0 Å². The Labute approximate surface area is 386 Å². The Morgan fingerprint density at radius 1 is 0.426 bits per heavy atom. The molecule has 0 radical (unpaired) electrons. The van der Waals surface area contributed by atoms with Crippen molar-refractivity contribution in [3.05, 3.63) is 156 Å². The molecule has 0 bridgehead atoms. The number of phenolic OH excluding ortho intramolecular Hbond substituents is 10. The molecule has 0 spiro atoms. The van der Waals surface area contributed by atoms with Crippen molar-refractivity contribution in [2.75, 3.05) is 4.90 Å². The summed E-state index contributed by atoms with van der Waals surface area (Å²) in [6, 6.07) is 42.9. The first-order valence-corrected chi connectivity index (χ1v) is 21.8. The molecule has 10 N–H and O–H groups in total. The number of aromatic hydroxyl groups is 10. The molecule has 12 nitrogen and oxygen atoms in total. The Balaban J connectivity index is 1.05. The van der Waals surface area contributed by atoms with Gasteiger partial charge in [-0.3, -0.25) is 0 Å². The van der Waals surface area contributed by atoms with Gasteiger partial charge in [-0.2, -0.15) is 0 Å². The van der Waals surface area contributed by atoms with Crippen LogP contribution in [0.15, 0.2) is 133 Å². The molecule has 0 saturated heterocycles. The van der Waals surface area contributed by atoms with Crippen LogP contribution in [0, 0.1) is 0 Å². The van der Waals surface area contributed by atoms with Crippen LogP contribution < -0.4 is 4.90 Å². The number of hydrogen-bond acceptors (Lipinski definition) is 11. The highest BCUT2D eigenvalue weighted by molar-refractivity contribution is 6.17. The third-order valence-electron chi connectivity index (χ3n) is 14.1. The Morgan fingerprint density at radius 2 is 1.00 bits per heavy atom. The summed E-state index contributed by atoms with van der Waals surface area (Å²) in [6.07, 6.45) is 0.777. The molecule has 0 saturated carbocycles. The molecule has 0 unspecified atom stereocenters. The van der Waals surface area contributed by atoms with E-state index >= 15 is 0 Å². The van der Waals surface area contributed by atoms with Gasteiger partial charge in [-0.1, -0.05) is 98.8 Å². The fourth-order valence-corrected chi connectivity index (χ4v) is 10.7. The fraction of sp³-hybridized carbons (Fsp3) is 0.0714. The lowest BCUT2D eigenvalue weighted by molar-refractivity contribution is 0.327. The second-order valence-electron chi connectivity index (χ2n) is 18.1. The van der Waals surface area contributed by atoms with Gasteiger partial charge >= 0.3 is 0 Å². The summed E-state index contributed by atoms with van der Waals surface area (Å²) < 4.78 is 1.54. The first-order chi connectivity index (χ1) is 32.6. The first kappa shape index (κ1) is 40.4. The number of benzene rings is 9. The van der Waals surface area contributed by atoms with Crippen LogP contribution in [0.5, 0.6) is 57.5 Å². The van der Waals surface area contributed by atoms with E-state index in [9.17, 15) is 51.1 Å². The molecule has 0 aliphatic heterocycles. The topological polar surface area (TPSA) is 210 Å². The maximum Gasteiger partial charge on any atom is 0.208 e. The van der Waals surface area contributed by atoms with Crippen LogP contribution in [0.3, 0.4) is 0 Å². The van der Waals surface area contributed by atoms with Gasteiger partial charge in [0.05, 0.1) is 11.0 Å². The molecule has 12 heteroatoms. The lowest BCUT2D eigenvalue weighted by atomic mass is 9.82. The molecule has 10 aromatic rings. The molecular formula is C56H40N2O10. The van der Waals surface area contributed by atoms with Crippen molar-refractivity contribution in [1.29, 1.82) is 0 Å². The van der Waals surface area contributed by atoms with E-state index in [-0.39, 0.29) is 16.8 Å². The van der Waals surface area contributed by atoms with Crippen LogP contribution in [0.2, 0.25) is 0 Å². The van der Waals surface area contributed by atoms with Gasteiger partial charge in [0.15, 0.2) is 23.0 Å². The molecule has 0 fully saturated rings. The molecule has 334 valence electrons. The summed E-state index contributed by atoms with van der Waals surface area (Å²) in [4.78, 5) is 1.49. The van der Waals surface area contributed by atoms with Crippen LogP contribution in [0.1, 0.15) is 36.1 Å². The molecular weight excluding hydrogens is 861 g/mol. The maximum atomic E-state index is 11.4. The number of nitrogens with zero attached hydrogens (tertiary/aromatic N) is 2. The number of rotatable bonds is 5. The van der Waals surface area contributed by atoms with E-state index in [1.54, 1.807) is 18.2 Å². The van der Waals surface area contributed by atoms with Crippen molar-refractivity contribution >= 4 is 49.6 Å². The van der Waals surface area contributed by atoms with E-state index in [0.717, 1.165) is 67.1 Å². The quantitative estimate of drug-likeness (QED) is 0.0580. The van der Waals surface area contributed by atoms with Crippen molar-refractivity contribution in [2.24, 2.45) is 0 Å². The van der Waals surface area contributed by atoms with Gasteiger partial charge in [-0.05, 0) is 121 Å². The standard InChI is InChI=1S/C56H40N2O10/c1-56(2)39-10-6-5-9-34(39)36-24-32(18-19-40(36)56)57(44-46(59)50(63)54(67)51(64)47(44)60)31-16-13-26(14-17-31)27-15-20-41-37(22-27)38-25-35-29(11-12-30-21-28-7-3-4-8-33(28)43(30)35)23-42(38)58(41)45-48(61)52(65)55(68)53(66)49(45)62/h3-20,22-25,59-68H,21H2,1-2H3. The Kier molecular flexibility index (Phi) is 8.26. The van der Waals surface area contributed by atoms with Crippen molar-refractivity contribution in [3.8, 4) is 96.6 Å². The minimum Gasteiger partial charge on any atom is -0.503 e. The second-order valence-corrected chi connectivity index (χ2v) is 18.1. The zero-order chi connectivity index (χ0) is 47.2. The zero-order valence-corrected chi connectivity index (χ0v) is 36.3. The Bertz CT molecular complexity index is 3810. The molecule has 0 atom stereocenters. The Morgan fingerprint density at radius 3 is 1.71 bits per heavy atom. The molecule has 2 aliphatic rings. The summed E-state index contributed by atoms with van der Waals surface area (Å²) >= 11 is 0. The molecule has 2 aliphatic carbocycles. The third-order valence-corrected chi connectivity index (χ3v) is 14.1. The number of phenols is 10. The number of fused-ring (bicyclic) bond motifs is 11. The van der Waals surface area contributed by atoms with Crippen LogP contribution in [0.4, 0.5) is 17.1 Å². The average molecular weight is 901 g/mol. The van der Waals surface area contributed by atoms with Gasteiger partial charge < -0.3 is 60.5 Å². The smallest absolute Gasteiger partial charge is 0.208 e. The number of hydrogen-bond donors (Lipinski definition) is 10.